The third-order valence-corrected chi connectivity index (χ3v) is 12.0. The topological polar surface area (TPSA) is 66.8 Å². The molecule has 6 heteroatoms. The fourth-order valence-electron chi connectivity index (χ4n) is 9.19. The van der Waals surface area contributed by atoms with E-state index in [1.807, 2.05) is 79.1 Å². The van der Waals surface area contributed by atoms with Crippen LogP contribution in [0.1, 0.15) is 34.6 Å². The summed E-state index contributed by atoms with van der Waals surface area (Å²) in [6, 6.07) is 58.0. The predicted octanol–water partition coefficient (Wildman–Crippen LogP) is 13.5. The van der Waals surface area contributed by atoms with Gasteiger partial charge in [-0.05, 0) is 112 Å². The van der Waals surface area contributed by atoms with E-state index in [0.717, 1.165) is 56.4 Å². The van der Waals surface area contributed by atoms with Gasteiger partial charge in [0.1, 0.15) is 0 Å². The van der Waals surface area contributed by atoms with Gasteiger partial charge in [0.15, 0.2) is 0 Å². The number of para-hydroxylation sites is 4. The normalized spacial score (nSPS) is 15.4. The summed E-state index contributed by atoms with van der Waals surface area (Å²) in [5, 5.41) is 5.50. The molecule has 2 aromatic heterocycles. The fraction of sp³-hybridized carbons (Fsp3) is 0.0741. The number of nitrogens with zero attached hydrogens (tertiary/aromatic N) is 5. The molecule has 0 radical (unpaired) electrons. The van der Waals surface area contributed by atoms with Crippen molar-refractivity contribution in [2.24, 2.45) is 5.92 Å². The number of rotatable bonds is 8. The van der Waals surface area contributed by atoms with Crippen LogP contribution in [0.2, 0.25) is 0 Å². The number of aryl methyl sites for hydroxylation is 1. The molecule has 0 amide bonds. The molecule has 0 bridgehead atoms. The second kappa shape index (κ2) is 14.9. The van der Waals surface area contributed by atoms with Crippen LogP contribution in [0.4, 0.5) is 29.0 Å². The molecule has 6 nitrogen and oxygen atoms in total. The zero-order valence-corrected chi connectivity index (χ0v) is 33.1. The molecule has 0 saturated heterocycles. The first kappa shape index (κ1) is 35.5. The molecule has 11 rings (SSSR count). The SMILES string of the molecule is Cc1cc(-c2ccc3c(c2)C(C2CC=CC=C2c2ccccc2)c2ccccc2-3)ccc1N(c1ncc2ccccc2n1)c1ccccc1Nc1ncc2ccccc2n1. The minimum absolute atomic E-state index is 0.240. The van der Waals surface area contributed by atoms with Gasteiger partial charge in [0.2, 0.25) is 11.9 Å². The first-order valence-corrected chi connectivity index (χ1v) is 20.5. The van der Waals surface area contributed by atoms with Crippen molar-refractivity contribution in [1.82, 2.24) is 19.9 Å². The van der Waals surface area contributed by atoms with E-state index in [4.69, 9.17) is 15.0 Å². The number of anilines is 5. The van der Waals surface area contributed by atoms with Crippen molar-refractivity contribution in [2.45, 2.75) is 19.3 Å². The fourth-order valence-corrected chi connectivity index (χ4v) is 9.19. The molecular formula is C54H40N6. The average molecular weight is 773 g/mol. The number of aromatic nitrogens is 4. The molecule has 2 aliphatic rings. The molecule has 2 aliphatic carbocycles. The highest BCUT2D eigenvalue weighted by Crippen LogP contribution is 2.54. The maximum atomic E-state index is 5.13. The number of fused-ring (bicyclic) bond motifs is 5. The second-order valence-corrected chi connectivity index (χ2v) is 15.6. The Morgan fingerprint density at radius 2 is 1.25 bits per heavy atom. The maximum Gasteiger partial charge on any atom is 0.235 e. The summed E-state index contributed by atoms with van der Waals surface area (Å²) in [6.07, 6.45) is 11.6. The van der Waals surface area contributed by atoms with Gasteiger partial charge < -0.3 is 5.32 Å². The molecule has 0 spiro atoms. The van der Waals surface area contributed by atoms with Crippen molar-refractivity contribution in [1.29, 1.82) is 0 Å². The lowest BCUT2D eigenvalue weighted by Gasteiger charge is -2.30. The Balaban J connectivity index is 1.00. The molecule has 0 fully saturated rings. The van der Waals surface area contributed by atoms with Crippen LogP contribution >= 0.6 is 0 Å². The highest BCUT2D eigenvalue weighted by molar-refractivity contribution is 5.89. The van der Waals surface area contributed by atoms with Crippen molar-refractivity contribution >= 4 is 56.3 Å². The van der Waals surface area contributed by atoms with Gasteiger partial charge in [-0.2, -0.15) is 0 Å². The minimum Gasteiger partial charge on any atom is -0.322 e. The van der Waals surface area contributed by atoms with E-state index in [-0.39, 0.29) is 5.92 Å². The van der Waals surface area contributed by atoms with Crippen molar-refractivity contribution < 1.29 is 0 Å². The van der Waals surface area contributed by atoms with Crippen LogP contribution in [-0.4, -0.2) is 19.9 Å². The Labute approximate surface area is 349 Å². The Morgan fingerprint density at radius 3 is 2.10 bits per heavy atom. The molecule has 1 N–H and O–H groups in total. The van der Waals surface area contributed by atoms with Crippen molar-refractivity contribution in [2.75, 3.05) is 10.2 Å². The quantitative estimate of drug-likeness (QED) is 0.166. The molecule has 286 valence electrons. The summed E-state index contributed by atoms with van der Waals surface area (Å²) in [4.78, 5) is 21.7. The zero-order valence-electron chi connectivity index (χ0n) is 33.1. The largest absolute Gasteiger partial charge is 0.322 e. The smallest absolute Gasteiger partial charge is 0.235 e. The first-order valence-electron chi connectivity index (χ1n) is 20.5. The van der Waals surface area contributed by atoms with E-state index >= 15 is 0 Å². The van der Waals surface area contributed by atoms with Gasteiger partial charge in [-0.15, -0.1) is 0 Å². The van der Waals surface area contributed by atoms with Crippen LogP contribution in [0, 0.1) is 12.8 Å². The van der Waals surface area contributed by atoms with E-state index in [9.17, 15) is 0 Å². The Kier molecular flexibility index (Phi) is 8.81. The molecule has 7 aromatic carbocycles. The van der Waals surface area contributed by atoms with Gasteiger partial charge in [0, 0.05) is 29.1 Å². The third-order valence-electron chi connectivity index (χ3n) is 12.0. The lowest BCUT2D eigenvalue weighted by Crippen LogP contribution is -2.16. The minimum atomic E-state index is 0.240. The van der Waals surface area contributed by atoms with Crippen molar-refractivity contribution in [3.63, 3.8) is 0 Å². The maximum absolute atomic E-state index is 5.13. The molecule has 2 unspecified atom stereocenters. The number of hydrogen-bond donors (Lipinski definition) is 1. The van der Waals surface area contributed by atoms with Crippen LogP contribution in [-0.2, 0) is 0 Å². The second-order valence-electron chi connectivity index (χ2n) is 15.6. The Hall–Kier alpha value is -7.70. The van der Waals surface area contributed by atoms with Crippen molar-refractivity contribution in [3.8, 4) is 22.3 Å². The molecule has 9 aromatic rings. The summed E-state index contributed by atoms with van der Waals surface area (Å²) in [7, 11) is 0. The molecule has 2 heterocycles. The van der Waals surface area contributed by atoms with Crippen LogP contribution in [0.25, 0.3) is 49.6 Å². The summed E-state index contributed by atoms with van der Waals surface area (Å²) >= 11 is 0. The van der Waals surface area contributed by atoms with Crippen molar-refractivity contribution in [3.05, 3.63) is 217 Å². The average Bonchev–Trinajstić information content (AvgIpc) is 3.64. The summed E-state index contributed by atoms with van der Waals surface area (Å²) in [5.74, 6) is 1.65. The van der Waals surface area contributed by atoms with Crippen LogP contribution < -0.4 is 10.2 Å². The van der Waals surface area contributed by atoms with E-state index in [1.165, 1.54) is 39.0 Å². The van der Waals surface area contributed by atoms with Crippen LogP contribution in [0.3, 0.4) is 0 Å². The molecule has 60 heavy (non-hydrogen) atoms. The molecule has 0 saturated carbocycles. The van der Waals surface area contributed by atoms with E-state index in [0.29, 0.717) is 17.8 Å². The zero-order chi connectivity index (χ0) is 40.0. The number of benzene rings is 7. The first-order chi connectivity index (χ1) is 29.7. The number of nitrogens with one attached hydrogen (secondary N) is 1. The van der Waals surface area contributed by atoms with Crippen LogP contribution in [0.5, 0.6) is 0 Å². The van der Waals surface area contributed by atoms with Gasteiger partial charge in [-0.25, -0.2) is 19.9 Å². The van der Waals surface area contributed by atoms with Gasteiger partial charge in [0.05, 0.1) is 28.1 Å². The standard InChI is InChI=1S/C54H40N6/c1-35-31-37(38-27-29-43-42-20-8-10-22-45(42)52(46(43)32-38)44-21-9-7-19-41(44)36-15-3-2-4-16-36)28-30-50(35)60(54-56-34-40-18-6-12-24-48(40)59-54)51-26-14-13-25-49(51)58-53-55-33-39-17-5-11-23-47(39)57-53/h2-20,22-34,44,52H,21H2,1H3,(H,55,57,58). The van der Waals surface area contributed by atoms with E-state index < -0.39 is 0 Å². The Morgan fingerprint density at radius 1 is 0.567 bits per heavy atom. The summed E-state index contributed by atoms with van der Waals surface area (Å²) in [6.45, 7) is 2.17. The highest BCUT2D eigenvalue weighted by atomic mass is 15.3. The number of hydrogen-bond acceptors (Lipinski definition) is 6. The third kappa shape index (κ3) is 6.30. The van der Waals surface area contributed by atoms with Gasteiger partial charge >= 0.3 is 0 Å². The van der Waals surface area contributed by atoms with Crippen LogP contribution in [0.15, 0.2) is 194 Å². The monoisotopic (exact) mass is 772 g/mol. The summed E-state index contributed by atoms with van der Waals surface area (Å²) in [5.41, 5.74) is 16.0. The summed E-state index contributed by atoms with van der Waals surface area (Å²) < 4.78 is 0. The van der Waals surface area contributed by atoms with E-state index in [1.54, 1.807) is 0 Å². The lowest BCUT2D eigenvalue weighted by atomic mass is 9.74. The molecular weight excluding hydrogens is 733 g/mol. The van der Waals surface area contributed by atoms with Gasteiger partial charge in [-0.1, -0.05) is 140 Å². The van der Waals surface area contributed by atoms with Gasteiger partial charge in [-0.3, -0.25) is 4.90 Å². The number of allylic oxidation sites excluding steroid dienone is 4. The molecule has 0 aliphatic heterocycles. The Bertz CT molecular complexity index is 3150. The van der Waals surface area contributed by atoms with Gasteiger partial charge in [0.25, 0.3) is 0 Å². The molecule has 2 atom stereocenters. The predicted molar refractivity (Wildman–Crippen MR) is 246 cm³/mol. The van der Waals surface area contributed by atoms with E-state index in [2.05, 4.69) is 137 Å². The highest BCUT2D eigenvalue weighted by Gasteiger charge is 2.36. The lowest BCUT2D eigenvalue weighted by molar-refractivity contribution is 0.599.